The summed E-state index contributed by atoms with van der Waals surface area (Å²) in [6.07, 6.45) is 0. The number of amides is 1. The van der Waals surface area contributed by atoms with Crippen LogP contribution < -0.4 is 10.6 Å². The fraction of sp³-hybridized carbons (Fsp3) is 0. The Bertz CT molecular complexity index is 636. The summed E-state index contributed by atoms with van der Waals surface area (Å²) in [7, 11) is 0. The molecular formula is C13H10N2O3S2. The summed E-state index contributed by atoms with van der Waals surface area (Å²) in [4.78, 5) is 23.0. The minimum Gasteiger partial charge on any atom is -0.478 e. The van der Waals surface area contributed by atoms with E-state index in [0.717, 1.165) is 0 Å². The van der Waals surface area contributed by atoms with E-state index < -0.39 is 5.97 Å². The quantitative estimate of drug-likeness (QED) is 0.760. The number of anilines is 1. The molecule has 0 unspecified atom stereocenters. The minimum absolute atomic E-state index is 0.159. The zero-order valence-electron chi connectivity index (χ0n) is 10.1. The first-order valence-electron chi connectivity index (χ1n) is 5.55. The maximum Gasteiger partial charge on any atom is 0.335 e. The molecule has 1 aromatic carbocycles. The van der Waals surface area contributed by atoms with Gasteiger partial charge in [0.1, 0.15) is 0 Å². The van der Waals surface area contributed by atoms with Gasteiger partial charge in [-0.05, 0) is 47.9 Å². The molecule has 0 bridgehead atoms. The number of aromatic carboxylic acids is 1. The molecule has 0 saturated carbocycles. The Morgan fingerprint density at radius 1 is 1.15 bits per heavy atom. The van der Waals surface area contributed by atoms with E-state index in [0.29, 0.717) is 10.6 Å². The third kappa shape index (κ3) is 3.62. The maximum absolute atomic E-state index is 11.7. The monoisotopic (exact) mass is 306 g/mol. The van der Waals surface area contributed by atoms with E-state index in [1.54, 1.807) is 29.6 Å². The maximum atomic E-state index is 11.7. The molecule has 1 amide bonds. The number of carboxylic acids is 1. The van der Waals surface area contributed by atoms with Gasteiger partial charge in [0.2, 0.25) is 0 Å². The molecule has 0 aliphatic heterocycles. The Morgan fingerprint density at radius 2 is 1.85 bits per heavy atom. The molecule has 0 spiro atoms. The Hall–Kier alpha value is -2.25. The fourth-order valence-corrected chi connectivity index (χ4v) is 2.26. The third-order valence-electron chi connectivity index (χ3n) is 2.36. The van der Waals surface area contributed by atoms with Gasteiger partial charge >= 0.3 is 5.97 Å². The molecule has 0 fully saturated rings. The number of nitrogens with one attached hydrogen (secondary N) is 2. The molecule has 1 aromatic heterocycles. The Balaban J connectivity index is 1.94. The van der Waals surface area contributed by atoms with E-state index in [1.807, 2.05) is 0 Å². The van der Waals surface area contributed by atoms with E-state index in [2.05, 4.69) is 10.6 Å². The molecule has 0 atom stereocenters. The number of carboxylic acid groups (broad SMARTS) is 1. The average molecular weight is 306 g/mol. The van der Waals surface area contributed by atoms with Crippen molar-refractivity contribution in [2.75, 3.05) is 5.32 Å². The number of carbonyl (C=O) groups is 2. The zero-order chi connectivity index (χ0) is 14.5. The van der Waals surface area contributed by atoms with Crippen LogP contribution in [-0.4, -0.2) is 22.1 Å². The van der Waals surface area contributed by atoms with E-state index in [4.69, 9.17) is 17.3 Å². The lowest BCUT2D eigenvalue weighted by Gasteiger charge is -2.08. The normalized spacial score (nSPS) is 9.80. The second kappa shape index (κ2) is 6.27. The summed E-state index contributed by atoms with van der Waals surface area (Å²) in [6.45, 7) is 0. The third-order valence-corrected chi connectivity index (χ3v) is 3.43. The fourth-order valence-electron chi connectivity index (χ4n) is 1.43. The van der Waals surface area contributed by atoms with Crippen molar-refractivity contribution < 1.29 is 14.7 Å². The minimum atomic E-state index is -0.995. The number of thiophene rings is 1. The first-order valence-corrected chi connectivity index (χ1v) is 6.84. The van der Waals surface area contributed by atoms with Crippen LogP contribution in [0.25, 0.3) is 0 Å². The highest BCUT2D eigenvalue weighted by Crippen LogP contribution is 2.10. The van der Waals surface area contributed by atoms with E-state index in [-0.39, 0.29) is 16.6 Å². The summed E-state index contributed by atoms with van der Waals surface area (Å²) in [5.74, 6) is -1.27. The van der Waals surface area contributed by atoms with Crippen molar-refractivity contribution in [2.24, 2.45) is 0 Å². The van der Waals surface area contributed by atoms with Gasteiger partial charge < -0.3 is 10.4 Å². The van der Waals surface area contributed by atoms with Gasteiger partial charge in [0, 0.05) is 5.69 Å². The summed E-state index contributed by atoms with van der Waals surface area (Å²) in [6, 6.07) is 9.54. The summed E-state index contributed by atoms with van der Waals surface area (Å²) in [5.41, 5.74) is 0.788. The molecule has 1 heterocycles. The zero-order valence-corrected chi connectivity index (χ0v) is 11.8. The Kier molecular flexibility index (Phi) is 4.44. The highest BCUT2D eigenvalue weighted by atomic mass is 32.1. The van der Waals surface area contributed by atoms with Crippen LogP contribution in [0.4, 0.5) is 5.69 Å². The molecule has 0 radical (unpaired) electrons. The molecule has 7 heteroatoms. The number of thiocarbonyl (C=S) groups is 1. The highest BCUT2D eigenvalue weighted by molar-refractivity contribution is 7.80. The summed E-state index contributed by atoms with van der Waals surface area (Å²) in [5, 5.41) is 16.1. The Morgan fingerprint density at radius 3 is 2.40 bits per heavy atom. The largest absolute Gasteiger partial charge is 0.478 e. The van der Waals surface area contributed by atoms with Gasteiger partial charge in [0.25, 0.3) is 5.91 Å². The van der Waals surface area contributed by atoms with Crippen LogP contribution >= 0.6 is 23.6 Å². The lowest BCUT2D eigenvalue weighted by atomic mass is 10.2. The molecule has 0 aliphatic rings. The molecule has 0 aliphatic carbocycles. The number of hydrogen-bond donors (Lipinski definition) is 3. The Labute approximate surface area is 124 Å². The smallest absolute Gasteiger partial charge is 0.335 e. The highest BCUT2D eigenvalue weighted by Gasteiger charge is 2.09. The number of rotatable bonds is 3. The van der Waals surface area contributed by atoms with Crippen LogP contribution in [0.5, 0.6) is 0 Å². The first kappa shape index (κ1) is 14.2. The molecular weight excluding hydrogens is 296 g/mol. The standard InChI is InChI=1S/C13H10N2O3S2/c16-11(10-2-1-7-20-10)15-13(19)14-9-5-3-8(4-6-9)12(17)18/h1-7H,(H,17,18)(H2,14,15,16,19). The molecule has 20 heavy (non-hydrogen) atoms. The van der Waals surface area contributed by atoms with Crippen LogP contribution in [0.3, 0.4) is 0 Å². The van der Waals surface area contributed by atoms with Gasteiger partial charge in [0.15, 0.2) is 5.11 Å². The van der Waals surface area contributed by atoms with Crippen molar-refractivity contribution in [1.29, 1.82) is 0 Å². The number of hydrogen-bond acceptors (Lipinski definition) is 4. The lowest BCUT2D eigenvalue weighted by molar-refractivity contribution is 0.0696. The van der Waals surface area contributed by atoms with Crippen LogP contribution in [0.15, 0.2) is 41.8 Å². The van der Waals surface area contributed by atoms with Crippen molar-refractivity contribution in [2.45, 2.75) is 0 Å². The van der Waals surface area contributed by atoms with Crippen molar-refractivity contribution in [1.82, 2.24) is 5.32 Å². The summed E-state index contributed by atoms with van der Waals surface area (Å²) < 4.78 is 0. The number of carbonyl (C=O) groups excluding carboxylic acids is 1. The van der Waals surface area contributed by atoms with Gasteiger partial charge in [0.05, 0.1) is 10.4 Å². The topological polar surface area (TPSA) is 78.4 Å². The van der Waals surface area contributed by atoms with E-state index in [1.165, 1.54) is 23.5 Å². The van der Waals surface area contributed by atoms with Crippen LogP contribution in [0, 0.1) is 0 Å². The number of benzene rings is 1. The van der Waals surface area contributed by atoms with Gasteiger partial charge in [-0.3, -0.25) is 10.1 Å². The second-order valence-corrected chi connectivity index (χ2v) is 5.12. The SMILES string of the molecule is O=C(O)c1ccc(NC(=S)NC(=O)c2cccs2)cc1. The predicted octanol–water partition coefficient (Wildman–Crippen LogP) is 2.57. The van der Waals surface area contributed by atoms with E-state index in [9.17, 15) is 9.59 Å². The van der Waals surface area contributed by atoms with Crippen molar-refractivity contribution >= 4 is 46.2 Å². The average Bonchev–Trinajstić information content (AvgIpc) is 2.93. The molecule has 102 valence electrons. The molecule has 0 saturated heterocycles. The molecule has 5 nitrogen and oxygen atoms in total. The van der Waals surface area contributed by atoms with Gasteiger partial charge in [-0.25, -0.2) is 4.79 Å². The summed E-state index contributed by atoms with van der Waals surface area (Å²) >= 11 is 6.34. The molecule has 2 rings (SSSR count). The first-order chi connectivity index (χ1) is 9.56. The molecule has 2 aromatic rings. The van der Waals surface area contributed by atoms with Crippen molar-refractivity contribution in [3.8, 4) is 0 Å². The predicted molar refractivity (Wildman–Crippen MR) is 81.4 cm³/mol. The van der Waals surface area contributed by atoms with Crippen molar-refractivity contribution in [3.63, 3.8) is 0 Å². The van der Waals surface area contributed by atoms with Gasteiger partial charge in [-0.1, -0.05) is 6.07 Å². The van der Waals surface area contributed by atoms with E-state index >= 15 is 0 Å². The van der Waals surface area contributed by atoms with Gasteiger partial charge in [-0.15, -0.1) is 11.3 Å². The van der Waals surface area contributed by atoms with Crippen LogP contribution in [-0.2, 0) is 0 Å². The molecule has 3 N–H and O–H groups in total. The van der Waals surface area contributed by atoms with Crippen LogP contribution in [0.2, 0.25) is 0 Å². The van der Waals surface area contributed by atoms with Crippen molar-refractivity contribution in [3.05, 3.63) is 52.2 Å². The van der Waals surface area contributed by atoms with Gasteiger partial charge in [-0.2, -0.15) is 0 Å². The lowest BCUT2D eigenvalue weighted by Crippen LogP contribution is -2.33. The van der Waals surface area contributed by atoms with Crippen LogP contribution in [0.1, 0.15) is 20.0 Å². The second-order valence-electron chi connectivity index (χ2n) is 3.77.